The van der Waals surface area contributed by atoms with E-state index in [9.17, 15) is 0 Å². The highest BCUT2D eigenvalue weighted by Gasteiger charge is 2.24. The topological polar surface area (TPSA) is 104 Å². The van der Waals surface area contributed by atoms with Crippen molar-refractivity contribution in [1.82, 2.24) is 9.97 Å². The van der Waals surface area contributed by atoms with E-state index in [4.69, 9.17) is 29.8 Å². The summed E-state index contributed by atoms with van der Waals surface area (Å²) in [5, 5.41) is 16.2. The molecule has 2 aromatic heterocycles. The Morgan fingerprint density at radius 2 is 1.64 bits per heavy atom. The summed E-state index contributed by atoms with van der Waals surface area (Å²) in [7, 11) is 0. The van der Waals surface area contributed by atoms with Crippen LogP contribution in [0, 0.1) is 6.92 Å². The van der Waals surface area contributed by atoms with E-state index in [0.717, 1.165) is 18.9 Å². The maximum Gasteiger partial charge on any atom is 0.414 e. The summed E-state index contributed by atoms with van der Waals surface area (Å²) < 4.78 is 0. The Balaban J connectivity index is 0.000000265. The van der Waals surface area contributed by atoms with Crippen molar-refractivity contribution in [3.63, 3.8) is 0 Å². The lowest BCUT2D eigenvalue weighted by atomic mass is 9.97. The van der Waals surface area contributed by atoms with Crippen LogP contribution in [0.2, 0.25) is 0 Å². The Labute approximate surface area is 149 Å². The van der Waals surface area contributed by atoms with Gasteiger partial charge in [0.2, 0.25) is 0 Å². The summed E-state index contributed by atoms with van der Waals surface area (Å²) in [5.41, 5.74) is 1.56. The zero-order valence-electron chi connectivity index (χ0n) is 14.1. The van der Waals surface area contributed by atoms with Gasteiger partial charge in [-0.05, 0) is 51.0 Å². The van der Waals surface area contributed by atoms with E-state index >= 15 is 0 Å². The van der Waals surface area contributed by atoms with E-state index in [-0.39, 0.29) is 0 Å². The summed E-state index contributed by atoms with van der Waals surface area (Å²) >= 11 is 1.91. The molecule has 3 heterocycles. The van der Waals surface area contributed by atoms with Crippen LogP contribution in [-0.2, 0) is 22.4 Å². The first kappa shape index (κ1) is 17.6. The molecule has 1 aliphatic carbocycles. The second-order valence-electron chi connectivity index (χ2n) is 6.29. The minimum Gasteiger partial charge on any atom is -0.473 e. The van der Waals surface area contributed by atoms with Crippen LogP contribution >= 0.6 is 11.3 Å². The molecule has 2 N–H and O–H groups in total. The average molecular weight is 363 g/mol. The van der Waals surface area contributed by atoms with Gasteiger partial charge in [0.1, 0.15) is 16.5 Å². The predicted molar refractivity (Wildman–Crippen MR) is 95.5 cm³/mol. The number of fused-ring (bicyclic) bond motifs is 3. The monoisotopic (exact) mass is 363 g/mol. The molecule has 0 bridgehead atoms. The Bertz CT molecular complexity index is 800. The molecule has 1 fully saturated rings. The van der Waals surface area contributed by atoms with Crippen LogP contribution in [0.3, 0.4) is 0 Å². The molecule has 0 radical (unpaired) electrons. The minimum absolute atomic E-state index is 0.924. The zero-order chi connectivity index (χ0) is 18.0. The SMILES string of the molecule is Cc1nc(N2CCCC2)c2c3c(sc2n1)CCCC3.O=C(O)C(=O)O. The van der Waals surface area contributed by atoms with Gasteiger partial charge in [0, 0.05) is 18.0 Å². The molecule has 1 saturated heterocycles. The molecule has 8 heteroatoms. The lowest BCUT2D eigenvalue weighted by molar-refractivity contribution is -0.159. The van der Waals surface area contributed by atoms with E-state index in [1.54, 1.807) is 10.4 Å². The van der Waals surface area contributed by atoms with Crippen LogP contribution in [0.5, 0.6) is 0 Å². The fourth-order valence-corrected chi connectivity index (χ4v) is 4.70. The molecule has 1 aliphatic heterocycles. The highest BCUT2D eigenvalue weighted by atomic mass is 32.1. The van der Waals surface area contributed by atoms with Crippen LogP contribution in [0.15, 0.2) is 0 Å². The van der Waals surface area contributed by atoms with Crippen molar-refractivity contribution in [2.75, 3.05) is 18.0 Å². The summed E-state index contributed by atoms with van der Waals surface area (Å²) in [4.78, 5) is 32.9. The highest BCUT2D eigenvalue weighted by molar-refractivity contribution is 7.19. The number of carboxylic acids is 2. The number of rotatable bonds is 1. The molecule has 4 rings (SSSR count). The van der Waals surface area contributed by atoms with Crippen molar-refractivity contribution in [1.29, 1.82) is 0 Å². The quantitative estimate of drug-likeness (QED) is 0.751. The van der Waals surface area contributed by atoms with E-state index in [0.29, 0.717) is 0 Å². The maximum atomic E-state index is 9.10. The number of hydrogen-bond donors (Lipinski definition) is 2. The zero-order valence-corrected chi connectivity index (χ0v) is 14.9. The predicted octanol–water partition coefficient (Wildman–Crippen LogP) is 2.63. The first-order valence-corrected chi connectivity index (χ1v) is 9.29. The van der Waals surface area contributed by atoms with Crippen molar-refractivity contribution in [3.8, 4) is 0 Å². The van der Waals surface area contributed by atoms with Gasteiger partial charge in [-0.3, -0.25) is 0 Å². The average Bonchev–Trinajstić information content (AvgIpc) is 3.22. The molecule has 25 heavy (non-hydrogen) atoms. The van der Waals surface area contributed by atoms with E-state index in [2.05, 4.69) is 4.90 Å². The van der Waals surface area contributed by atoms with Crippen LogP contribution in [0.1, 0.15) is 41.9 Å². The molecule has 0 unspecified atom stereocenters. The molecule has 0 spiro atoms. The van der Waals surface area contributed by atoms with Gasteiger partial charge in [-0.1, -0.05) is 0 Å². The van der Waals surface area contributed by atoms with Gasteiger partial charge in [0.05, 0.1) is 5.39 Å². The van der Waals surface area contributed by atoms with Crippen LogP contribution in [0.25, 0.3) is 10.2 Å². The van der Waals surface area contributed by atoms with Crippen molar-refractivity contribution in [2.24, 2.45) is 0 Å². The van der Waals surface area contributed by atoms with Crippen LogP contribution < -0.4 is 4.90 Å². The third-order valence-corrected chi connectivity index (χ3v) is 5.68. The Kier molecular flexibility index (Phi) is 5.17. The molecular formula is C17H21N3O4S. The molecule has 134 valence electrons. The third kappa shape index (κ3) is 3.73. The number of carboxylic acid groups (broad SMARTS) is 2. The Hall–Kier alpha value is -2.22. The lowest BCUT2D eigenvalue weighted by Gasteiger charge is -2.19. The van der Waals surface area contributed by atoms with Gasteiger partial charge in [0.15, 0.2) is 0 Å². The van der Waals surface area contributed by atoms with Crippen molar-refractivity contribution in [2.45, 2.75) is 45.4 Å². The van der Waals surface area contributed by atoms with Gasteiger partial charge in [0.25, 0.3) is 0 Å². The summed E-state index contributed by atoms with van der Waals surface area (Å²) in [6.45, 7) is 4.35. The van der Waals surface area contributed by atoms with E-state index in [1.807, 2.05) is 18.3 Å². The van der Waals surface area contributed by atoms with Gasteiger partial charge in [-0.25, -0.2) is 19.6 Å². The molecule has 7 nitrogen and oxygen atoms in total. The summed E-state index contributed by atoms with van der Waals surface area (Å²) in [6, 6.07) is 0. The van der Waals surface area contributed by atoms with Gasteiger partial charge < -0.3 is 15.1 Å². The third-order valence-electron chi connectivity index (χ3n) is 4.50. The minimum atomic E-state index is -1.82. The molecule has 0 atom stereocenters. The summed E-state index contributed by atoms with van der Waals surface area (Å²) in [6.07, 6.45) is 7.74. The van der Waals surface area contributed by atoms with Gasteiger partial charge in [-0.15, -0.1) is 11.3 Å². The van der Waals surface area contributed by atoms with E-state index < -0.39 is 11.9 Å². The first-order valence-electron chi connectivity index (χ1n) is 8.47. The van der Waals surface area contributed by atoms with Crippen molar-refractivity contribution >= 4 is 39.3 Å². The number of aromatic nitrogens is 2. The fourth-order valence-electron chi connectivity index (χ4n) is 3.40. The number of aryl methyl sites for hydroxylation is 3. The number of carbonyl (C=O) groups is 2. The van der Waals surface area contributed by atoms with Gasteiger partial charge >= 0.3 is 11.9 Å². The number of thiophene rings is 1. The molecule has 2 aromatic rings. The second kappa shape index (κ2) is 7.35. The molecule has 0 amide bonds. The number of anilines is 1. The normalized spacial score (nSPS) is 16.3. The fraction of sp³-hybridized carbons (Fsp3) is 0.529. The molecule has 2 aliphatic rings. The van der Waals surface area contributed by atoms with Crippen LogP contribution in [-0.4, -0.2) is 45.2 Å². The lowest BCUT2D eigenvalue weighted by Crippen LogP contribution is -2.20. The second-order valence-corrected chi connectivity index (χ2v) is 7.37. The Morgan fingerprint density at radius 3 is 2.28 bits per heavy atom. The first-order chi connectivity index (χ1) is 12.0. The molecule has 0 saturated carbocycles. The van der Waals surface area contributed by atoms with Gasteiger partial charge in [-0.2, -0.15) is 0 Å². The standard InChI is InChI=1S/C15H19N3S.C2H2O4/c1-10-16-14(18-8-4-5-9-18)13-11-6-2-3-7-12(11)19-15(13)17-10;3-1(4)2(5)6/h2-9H2,1H3;(H,3,4)(H,5,6). The molecular weight excluding hydrogens is 342 g/mol. The smallest absolute Gasteiger partial charge is 0.414 e. The number of hydrogen-bond acceptors (Lipinski definition) is 6. The van der Waals surface area contributed by atoms with Crippen molar-refractivity contribution < 1.29 is 19.8 Å². The maximum absolute atomic E-state index is 9.10. The van der Waals surface area contributed by atoms with Crippen molar-refractivity contribution in [3.05, 3.63) is 16.3 Å². The van der Waals surface area contributed by atoms with E-state index in [1.165, 1.54) is 54.6 Å². The summed E-state index contributed by atoms with van der Waals surface area (Å²) in [5.74, 6) is -1.50. The highest BCUT2D eigenvalue weighted by Crippen LogP contribution is 2.40. The van der Waals surface area contributed by atoms with Crippen LogP contribution in [0.4, 0.5) is 5.82 Å². The Morgan fingerprint density at radius 1 is 1.00 bits per heavy atom. The largest absolute Gasteiger partial charge is 0.473 e. The number of aliphatic carboxylic acids is 2. The number of nitrogens with zero attached hydrogens (tertiary/aromatic N) is 3. The molecule has 0 aromatic carbocycles.